The average molecular weight is 212 g/mol. The van der Waals surface area contributed by atoms with Gasteiger partial charge in [0, 0.05) is 13.0 Å². The van der Waals surface area contributed by atoms with Crippen LogP contribution in [0, 0.1) is 0 Å². The van der Waals surface area contributed by atoms with Crippen LogP contribution in [0.1, 0.15) is 65.2 Å². The second-order valence-corrected chi connectivity index (χ2v) is 4.53. The van der Waals surface area contributed by atoms with Crippen LogP contribution in [-0.4, -0.2) is 18.0 Å². The Bertz CT molecular complexity index is 191. The van der Waals surface area contributed by atoms with Crippen molar-refractivity contribution in [3.05, 3.63) is 0 Å². The lowest BCUT2D eigenvalue weighted by Gasteiger charge is -2.31. The lowest BCUT2D eigenvalue weighted by atomic mass is 9.88. The number of rotatable bonds is 5. The van der Waals surface area contributed by atoms with Crippen LogP contribution >= 0.6 is 0 Å². The van der Waals surface area contributed by atoms with Gasteiger partial charge in [-0.2, -0.15) is 0 Å². The summed E-state index contributed by atoms with van der Waals surface area (Å²) in [6.07, 6.45) is 8.31. The third-order valence-electron chi connectivity index (χ3n) is 3.32. The van der Waals surface area contributed by atoms with E-state index in [2.05, 4.69) is 6.92 Å². The molecule has 0 heterocycles. The van der Waals surface area contributed by atoms with E-state index in [0.29, 0.717) is 12.2 Å². The summed E-state index contributed by atoms with van der Waals surface area (Å²) in [4.78, 5) is 12.0. The van der Waals surface area contributed by atoms with Gasteiger partial charge in [0.1, 0.15) is 5.60 Å². The second kappa shape index (κ2) is 6.26. The van der Waals surface area contributed by atoms with Crippen LogP contribution in [0.2, 0.25) is 0 Å². The van der Waals surface area contributed by atoms with Crippen LogP contribution in [-0.2, 0) is 9.53 Å². The van der Waals surface area contributed by atoms with Crippen LogP contribution in [0.3, 0.4) is 0 Å². The molecule has 0 aromatic heterocycles. The summed E-state index contributed by atoms with van der Waals surface area (Å²) >= 11 is 0. The molecule has 0 aromatic rings. The van der Waals surface area contributed by atoms with Gasteiger partial charge in [0.05, 0.1) is 0 Å². The van der Waals surface area contributed by atoms with E-state index in [1.807, 2.05) is 6.92 Å². The van der Waals surface area contributed by atoms with E-state index in [-0.39, 0.29) is 0 Å². The minimum absolute atomic E-state index is 0.317. The van der Waals surface area contributed by atoms with E-state index in [4.69, 9.17) is 4.74 Å². The molecule has 0 N–H and O–H groups in total. The maximum atomic E-state index is 12.0. The molecule has 1 fully saturated rings. The number of ketones is 1. The summed E-state index contributed by atoms with van der Waals surface area (Å²) in [7, 11) is 0. The van der Waals surface area contributed by atoms with Crippen molar-refractivity contribution in [1.82, 2.24) is 0 Å². The summed E-state index contributed by atoms with van der Waals surface area (Å²) < 4.78 is 5.90. The number of ether oxygens (including phenoxy) is 1. The first kappa shape index (κ1) is 12.7. The average Bonchev–Trinajstić information content (AvgIpc) is 2.51. The Kier molecular flexibility index (Phi) is 5.30. The van der Waals surface area contributed by atoms with Gasteiger partial charge in [0.2, 0.25) is 0 Å². The molecule has 0 saturated heterocycles. The van der Waals surface area contributed by atoms with E-state index in [1.165, 1.54) is 12.8 Å². The zero-order valence-electron chi connectivity index (χ0n) is 10.2. The van der Waals surface area contributed by atoms with Crippen LogP contribution in [0.15, 0.2) is 0 Å². The maximum Gasteiger partial charge on any atom is 0.164 e. The molecule has 0 amide bonds. The standard InChI is InChI=1S/C13H24O2/c1-3-11-15-13(12(14)4-2)9-7-5-6-8-10-13/h3-11H2,1-2H3. The smallest absolute Gasteiger partial charge is 0.164 e. The van der Waals surface area contributed by atoms with E-state index in [0.717, 1.165) is 38.7 Å². The molecule has 0 aromatic carbocycles. The third-order valence-corrected chi connectivity index (χ3v) is 3.32. The van der Waals surface area contributed by atoms with Gasteiger partial charge in [-0.1, -0.05) is 39.5 Å². The highest BCUT2D eigenvalue weighted by atomic mass is 16.5. The normalized spacial score (nSPS) is 20.9. The minimum atomic E-state index is -0.415. The van der Waals surface area contributed by atoms with Crippen LogP contribution in [0.25, 0.3) is 0 Å². The second-order valence-electron chi connectivity index (χ2n) is 4.53. The first-order valence-electron chi connectivity index (χ1n) is 6.42. The number of carbonyl (C=O) groups excluding carboxylic acids is 1. The topological polar surface area (TPSA) is 26.3 Å². The van der Waals surface area contributed by atoms with Crippen molar-refractivity contribution in [3.8, 4) is 0 Å². The number of hydrogen-bond acceptors (Lipinski definition) is 2. The lowest BCUT2D eigenvalue weighted by Crippen LogP contribution is -2.41. The predicted octanol–water partition coefficient (Wildman–Crippen LogP) is 3.49. The zero-order valence-corrected chi connectivity index (χ0v) is 10.2. The highest BCUT2D eigenvalue weighted by Gasteiger charge is 2.37. The highest BCUT2D eigenvalue weighted by molar-refractivity contribution is 5.87. The molecule has 0 unspecified atom stereocenters. The predicted molar refractivity (Wildman–Crippen MR) is 62.0 cm³/mol. The van der Waals surface area contributed by atoms with E-state index >= 15 is 0 Å². The van der Waals surface area contributed by atoms with Crippen LogP contribution in [0.4, 0.5) is 0 Å². The minimum Gasteiger partial charge on any atom is -0.367 e. The molecule has 1 rings (SSSR count). The van der Waals surface area contributed by atoms with Gasteiger partial charge in [-0.3, -0.25) is 4.79 Å². The molecule has 0 spiro atoms. The van der Waals surface area contributed by atoms with E-state index in [9.17, 15) is 4.79 Å². The fraction of sp³-hybridized carbons (Fsp3) is 0.923. The number of hydrogen-bond donors (Lipinski definition) is 0. The largest absolute Gasteiger partial charge is 0.367 e. The Morgan fingerprint density at radius 1 is 1.13 bits per heavy atom. The van der Waals surface area contributed by atoms with Crippen molar-refractivity contribution < 1.29 is 9.53 Å². The van der Waals surface area contributed by atoms with Gasteiger partial charge in [-0.15, -0.1) is 0 Å². The highest BCUT2D eigenvalue weighted by Crippen LogP contribution is 2.32. The number of Topliss-reactive ketones (excluding diaryl/α,β-unsaturated/α-hetero) is 1. The van der Waals surface area contributed by atoms with Gasteiger partial charge in [0.15, 0.2) is 5.78 Å². The fourth-order valence-electron chi connectivity index (χ4n) is 2.42. The first-order chi connectivity index (χ1) is 7.25. The molecule has 0 aliphatic heterocycles. The molecule has 88 valence electrons. The molecular weight excluding hydrogens is 188 g/mol. The van der Waals surface area contributed by atoms with Gasteiger partial charge in [-0.25, -0.2) is 0 Å². The molecule has 0 atom stereocenters. The lowest BCUT2D eigenvalue weighted by molar-refractivity contribution is -0.146. The molecule has 0 bridgehead atoms. The Morgan fingerprint density at radius 2 is 1.73 bits per heavy atom. The zero-order chi connectivity index (χ0) is 11.1. The van der Waals surface area contributed by atoms with Gasteiger partial charge in [-0.05, 0) is 19.3 Å². The fourth-order valence-corrected chi connectivity index (χ4v) is 2.42. The molecule has 1 aliphatic rings. The molecule has 2 heteroatoms. The van der Waals surface area contributed by atoms with Crippen LogP contribution < -0.4 is 0 Å². The summed E-state index contributed by atoms with van der Waals surface area (Å²) in [6, 6.07) is 0. The van der Waals surface area contributed by atoms with Gasteiger partial charge in [0.25, 0.3) is 0 Å². The Morgan fingerprint density at radius 3 is 2.20 bits per heavy atom. The van der Waals surface area contributed by atoms with Crippen molar-refractivity contribution in [2.24, 2.45) is 0 Å². The van der Waals surface area contributed by atoms with Gasteiger partial charge < -0.3 is 4.74 Å². The summed E-state index contributed by atoms with van der Waals surface area (Å²) in [6.45, 7) is 4.77. The molecule has 15 heavy (non-hydrogen) atoms. The molecule has 2 nitrogen and oxygen atoms in total. The van der Waals surface area contributed by atoms with Crippen molar-refractivity contribution in [2.75, 3.05) is 6.61 Å². The summed E-state index contributed by atoms with van der Waals surface area (Å²) in [5, 5.41) is 0. The van der Waals surface area contributed by atoms with Crippen molar-refractivity contribution in [3.63, 3.8) is 0 Å². The van der Waals surface area contributed by atoms with Crippen molar-refractivity contribution in [2.45, 2.75) is 70.8 Å². The molecular formula is C13H24O2. The molecule has 1 saturated carbocycles. The SMILES string of the molecule is CCCOC1(C(=O)CC)CCCCCC1. The van der Waals surface area contributed by atoms with Crippen molar-refractivity contribution >= 4 is 5.78 Å². The monoisotopic (exact) mass is 212 g/mol. The van der Waals surface area contributed by atoms with Crippen molar-refractivity contribution in [1.29, 1.82) is 0 Å². The summed E-state index contributed by atoms with van der Waals surface area (Å²) in [5.41, 5.74) is -0.415. The third kappa shape index (κ3) is 3.30. The Balaban J connectivity index is 2.68. The van der Waals surface area contributed by atoms with E-state index < -0.39 is 5.60 Å². The quantitative estimate of drug-likeness (QED) is 0.652. The van der Waals surface area contributed by atoms with Gasteiger partial charge >= 0.3 is 0 Å². The number of carbonyl (C=O) groups is 1. The Hall–Kier alpha value is -0.370. The maximum absolute atomic E-state index is 12.0. The Labute approximate surface area is 93.4 Å². The first-order valence-corrected chi connectivity index (χ1v) is 6.42. The molecule has 0 radical (unpaired) electrons. The summed E-state index contributed by atoms with van der Waals surface area (Å²) in [5.74, 6) is 0.317. The van der Waals surface area contributed by atoms with E-state index in [1.54, 1.807) is 0 Å². The molecule has 1 aliphatic carbocycles. The van der Waals surface area contributed by atoms with Crippen LogP contribution in [0.5, 0.6) is 0 Å².